The molecule has 21 heavy (non-hydrogen) atoms. The van der Waals surface area contributed by atoms with Crippen molar-refractivity contribution in [1.82, 2.24) is 5.32 Å². The number of hydrogen-bond acceptors (Lipinski definition) is 3. The molecule has 0 spiro atoms. The van der Waals surface area contributed by atoms with E-state index in [1.807, 2.05) is 27.7 Å². The van der Waals surface area contributed by atoms with Crippen LogP contribution in [0, 0.1) is 5.41 Å². The van der Waals surface area contributed by atoms with Crippen molar-refractivity contribution in [1.29, 1.82) is 0 Å². The number of rotatable bonds is 5. The molecule has 1 aromatic rings. The van der Waals surface area contributed by atoms with Gasteiger partial charge in [0.1, 0.15) is 0 Å². The molecule has 0 saturated heterocycles. The molecule has 1 rings (SSSR count). The Kier molecular flexibility index (Phi) is 5.90. The van der Waals surface area contributed by atoms with Crippen LogP contribution in [0.1, 0.15) is 44.5 Å². The molecule has 5 heteroatoms. The summed E-state index contributed by atoms with van der Waals surface area (Å²) in [6, 6.07) is 6.64. The van der Waals surface area contributed by atoms with Crippen LogP contribution in [0.5, 0.6) is 0 Å². The van der Waals surface area contributed by atoms with Crippen molar-refractivity contribution >= 4 is 17.5 Å². The van der Waals surface area contributed by atoms with Crippen LogP contribution in [0.25, 0.3) is 0 Å². The normalized spacial score (nSPS) is 12.6. The van der Waals surface area contributed by atoms with Crippen molar-refractivity contribution in [3.05, 3.63) is 29.8 Å². The van der Waals surface area contributed by atoms with E-state index in [1.165, 1.54) is 0 Å². The standard InChI is InChI=1S/C16H25N3O2/c1-5-18-15(21)11-7-6-8-12(9-11)19-14(20)10-13(17)16(2,3)4/h6-9,13H,5,10,17H2,1-4H3,(H,18,21)(H,19,20). The van der Waals surface area contributed by atoms with Crippen LogP contribution in [0.3, 0.4) is 0 Å². The van der Waals surface area contributed by atoms with Gasteiger partial charge in [-0.2, -0.15) is 0 Å². The summed E-state index contributed by atoms with van der Waals surface area (Å²) < 4.78 is 0. The second-order valence-electron chi connectivity index (χ2n) is 6.17. The highest BCUT2D eigenvalue weighted by molar-refractivity contribution is 5.97. The van der Waals surface area contributed by atoms with Crippen molar-refractivity contribution in [2.45, 2.75) is 40.2 Å². The molecule has 0 aliphatic carbocycles. The van der Waals surface area contributed by atoms with E-state index in [-0.39, 0.29) is 29.7 Å². The van der Waals surface area contributed by atoms with Crippen LogP contribution in [-0.4, -0.2) is 24.4 Å². The fraction of sp³-hybridized carbons (Fsp3) is 0.500. The number of anilines is 1. The van der Waals surface area contributed by atoms with Gasteiger partial charge in [-0.1, -0.05) is 26.8 Å². The number of carbonyl (C=O) groups excluding carboxylic acids is 2. The highest BCUT2D eigenvalue weighted by Gasteiger charge is 2.23. The first-order chi connectivity index (χ1) is 9.74. The Bertz CT molecular complexity index is 506. The third kappa shape index (κ3) is 5.55. The van der Waals surface area contributed by atoms with E-state index in [0.29, 0.717) is 17.8 Å². The average molecular weight is 291 g/mol. The highest BCUT2D eigenvalue weighted by Crippen LogP contribution is 2.20. The Hall–Kier alpha value is -1.88. The number of carbonyl (C=O) groups is 2. The minimum Gasteiger partial charge on any atom is -0.352 e. The molecule has 2 amide bonds. The van der Waals surface area contributed by atoms with E-state index in [9.17, 15) is 9.59 Å². The topological polar surface area (TPSA) is 84.2 Å². The lowest BCUT2D eigenvalue weighted by atomic mass is 9.85. The lowest BCUT2D eigenvalue weighted by Gasteiger charge is -2.26. The molecule has 0 aromatic heterocycles. The van der Waals surface area contributed by atoms with Gasteiger partial charge in [-0.15, -0.1) is 0 Å². The predicted molar refractivity (Wildman–Crippen MR) is 85.1 cm³/mol. The Morgan fingerprint density at radius 1 is 1.29 bits per heavy atom. The smallest absolute Gasteiger partial charge is 0.251 e. The molecule has 0 aliphatic heterocycles. The summed E-state index contributed by atoms with van der Waals surface area (Å²) in [5.41, 5.74) is 7.00. The predicted octanol–water partition coefficient (Wildman–Crippen LogP) is 2.14. The lowest BCUT2D eigenvalue weighted by molar-refractivity contribution is -0.117. The largest absolute Gasteiger partial charge is 0.352 e. The van der Waals surface area contributed by atoms with Crippen LogP contribution in [-0.2, 0) is 4.79 Å². The molecule has 1 aromatic carbocycles. The Morgan fingerprint density at radius 2 is 1.95 bits per heavy atom. The molecule has 0 aliphatic rings. The van der Waals surface area contributed by atoms with E-state index in [1.54, 1.807) is 24.3 Å². The van der Waals surface area contributed by atoms with Gasteiger partial charge in [0.15, 0.2) is 0 Å². The molecule has 0 fully saturated rings. The molecule has 1 atom stereocenters. The monoisotopic (exact) mass is 291 g/mol. The van der Waals surface area contributed by atoms with Gasteiger partial charge in [0.05, 0.1) is 0 Å². The molecule has 0 saturated carbocycles. The van der Waals surface area contributed by atoms with Gasteiger partial charge in [0.25, 0.3) is 5.91 Å². The van der Waals surface area contributed by atoms with Gasteiger partial charge < -0.3 is 16.4 Å². The van der Waals surface area contributed by atoms with Crippen LogP contribution in [0.4, 0.5) is 5.69 Å². The van der Waals surface area contributed by atoms with Crippen molar-refractivity contribution in [2.24, 2.45) is 11.1 Å². The maximum absolute atomic E-state index is 12.0. The fourth-order valence-electron chi connectivity index (χ4n) is 1.72. The molecule has 1 unspecified atom stereocenters. The second kappa shape index (κ2) is 7.22. The summed E-state index contributed by atoms with van der Waals surface area (Å²) in [6.07, 6.45) is 0.245. The van der Waals surface area contributed by atoms with E-state index in [4.69, 9.17) is 5.73 Å². The summed E-state index contributed by atoms with van der Waals surface area (Å²) in [6.45, 7) is 8.43. The van der Waals surface area contributed by atoms with E-state index in [0.717, 1.165) is 0 Å². The van der Waals surface area contributed by atoms with Crippen LogP contribution >= 0.6 is 0 Å². The zero-order valence-corrected chi connectivity index (χ0v) is 13.2. The zero-order chi connectivity index (χ0) is 16.0. The number of nitrogens with two attached hydrogens (primary N) is 1. The van der Waals surface area contributed by atoms with Crippen LogP contribution < -0.4 is 16.4 Å². The minimum atomic E-state index is -0.218. The first kappa shape index (κ1) is 17.2. The van der Waals surface area contributed by atoms with Gasteiger partial charge in [-0.25, -0.2) is 0 Å². The number of hydrogen-bond donors (Lipinski definition) is 3. The SMILES string of the molecule is CCNC(=O)c1cccc(NC(=O)CC(N)C(C)(C)C)c1. The van der Waals surface area contributed by atoms with Crippen molar-refractivity contribution in [3.8, 4) is 0 Å². The quantitative estimate of drug-likeness (QED) is 0.777. The summed E-state index contributed by atoms with van der Waals surface area (Å²) >= 11 is 0. The number of amides is 2. The molecule has 116 valence electrons. The second-order valence-corrected chi connectivity index (χ2v) is 6.17. The van der Waals surface area contributed by atoms with Gasteiger partial charge in [-0.05, 0) is 30.5 Å². The molecule has 0 radical (unpaired) electrons. The average Bonchev–Trinajstić information content (AvgIpc) is 2.38. The molecule has 4 N–H and O–H groups in total. The van der Waals surface area contributed by atoms with Crippen LogP contribution in [0.15, 0.2) is 24.3 Å². The molecule has 5 nitrogen and oxygen atoms in total. The van der Waals surface area contributed by atoms with Gasteiger partial charge in [0, 0.05) is 30.3 Å². The minimum absolute atomic E-state index is 0.125. The zero-order valence-electron chi connectivity index (χ0n) is 13.2. The van der Waals surface area contributed by atoms with Crippen molar-refractivity contribution < 1.29 is 9.59 Å². The third-order valence-corrected chi connectivity index (χ3v) is 3.26. The molecular formula is C16H25N3O2. The number of benzene rings is 1. The summed E-state index contributed by atoms with van der Waals surface area (Å²) in [5, 5.41) is 5.51. The third-order valence-electron chi connectivity index (χ3n) is 3.26. The van der Waals surface area contributed by atoms with Gasteiger partial charge >= 0.3 is 0 Å². The van der Waals surface area contributed by atoms with Crippen molar-refractivity contribution in [2.75, 3.05) is 11.9 Å². The van der Waals surface area contributed by atoms with Gasteiger partial charge in [0.2, 0.25) is 5.91 Å². The Labute approximate surface area is 126 Å². The molecular weight excluding hydrogens is 266 g/mol. The molecule has 0 bridgehead atoms. The fourth-order valence-corrected chi connectivity index (χ4v) is 1.72. The highest BCUT2D eigenvalue weighted by atomic mass is 16.2. The summed E-state index contributed by atoms with van der Waals surface area (Å²) in [7, 11) is 0. The maximum Gasteiger partial charge on any atom is 0.251 e. The molecule has 0 heterocycles. The van der Waals surface area contributed by atoms with E-state index >= 15 is 0 Å². The Balaban J connectivity index is 2.69. The van der Waals surface area contributed by atoms with Crippen molar-refractivity contribution in [3.63, 3.8) is 0 Å². The Morgan fingerprint density at radius 3 is 2.52 bits per heavy atom. The summed E-state index contributed by atoms with van der Waals surface area (Å²) in [5.74, 6) is -0.300. The first-order valence-corrected chi connectivity index (χ1v) is 7.17. The number of nitrogens with one attached hydrogen (secondary N) is 2. The summed E-state index contributed by atoms with van der Waals surface area (Å²) in [4.78, 5) is 23.7. The van der Waals surface area contributed by atoms with E-state index in [2.05, 4.69) is 10.6 Å². The van der Waals surface area contributed by atoms with E-state index < -0.39 is 0 Å². The first-order valence-electron chi connectivity index (χ1n) is 7.17. The van der Waals surface area contributed by atoms with Crippen LogP contribution in [0.2, 0.25) is 0 Å². The van der Waals surface area contributed by atoms with Gasteiger partial charge in [-0.3, -0.25) is 9.59 Å². The maximum atomic E-state index is 12.0. The lowest BCUT2D eigenvalue weighted by Crippen LogP contribution is -2.38.